The number of rotatable bonds is 3. The number of aromatic nitrogens is 2. The molecule has 2 aromatic heterocycles. The fourth-order valence-corrected chi connectivity index (χ4v) is 4.25. The zero-order chi connectivity index (χ0) is 16.7. The van der Waals surface area contributed by atoms with Crippen molar-refractivity contribution in [3.63, 3.8) is 0 Å². The summed E-state index contributed by atoms with van der Waals surface area (Å²) in [5.74, 6) is 1.26. The summed E-state index contributed by atoms with van der Waals surface area (Å²) in [6.45, 7) is 1.92. The predicted octanol–water partition coefficient (Wildman–Crippen LogP) is 4.16. The first kappa shape index (κ1) is 15.1. The number of ether oxygens (including phenoxy) is 1. The Labute approximate surface area is 144 Å². The molecular weight excluding hydrogens is 320 g/mol. The van der Waals surface area contributed by atoms with E-state index in [0.29, 0.717) is 6.42 Å². The van der Waals surface area contributed by atoms with Crippen molar-refractivity contribution in [2.24, 2.45) is 0 Å². The molecule has 0 amide bonds. The van der Waals surface area contributed by atoms with Gasteiger partial charge in [0.15, 0.2) is 5.78 Å². The lowest BCUT2D eigenvalue weighted by molar-refractivity contribution is 0.0963. The Hall–Kier alpha value is -2.40. The third-order valence-corrected chi connectivity index (χ3v) is 5.60. The largest absolute Gasteiger partial charge is 0.497 e. The lowest BCUT2D eigenvalue weighted by Crippen LogP contribution is -2.20. The summed E-state index contributed by atoms with van der Waals surface area (Å²) < 4.78 is 7.14. The van der Waals surface area contributed by atoms with Gasteiger partial charge in [-0.05, 0) is 49.1 Å². The van der Waals surface area contributed by atoms with Gasteiger partial charge in [-0.15, -0.1) is 11.3 Å². The van der Waals surface area contributed by atoms with Crippen LogP contribution < -0.4 is 4.74 Å². The summed E-state index contributed by atoms with van der Waals surface area (Å²) in [7, 11) is 1.65. The standard InChI is InChI=1S/C19H18N2O2S/c1-12-19-16(10-13(11-17(19)22)18-4-3-9-24-18)21(20-12)14-5-7-15(23-2)8-6-14/h3-9,13H,10-11H2,1-2H3. The molecular formula is C19H18N2O2S. The molecule has 1 atom stereocenters. The number of hydrogen-bond donors (Lipinski definition) is 0. The van der Waals surface area contributed by atoms with Crippen LogP contribution in [0.15, 0.2) is 41.8 Å². The molecule has 0 radical (unpaired) electrons. The number of benzene rings is 1. The molecule has 0 fully saturated rings. The second kappa shape index (κ2) is 5.91. The maximum absolute atomic E-state index is 12.7. The Balaban J connectivity index is 1.78. The molecule has 0 saturated carbocycles. The van der Waals surface area contributed by atoms with Crippen LogP contribution in [0.25, 0.3) is 5.69 Å². The zero-order valence-electron chi connectivity index (χ0n) is 13.7. The molecule has 3 aromatic rings. The maximum Gasteiger partial charge on any atom is 0.167 e. The van der Waals surface area contributed by atoms with Crippen molar-refractivity contribution < 1.29 is 9.53 Å². The lowest BCUT2D eigenvalue weighted by Gasteiger charge is -2.22. The summed E-state index contributed by atoms with van der Waals surface area (Å²) in [5.41, 5.74) is 3.60. The van der Waals surface area contributed by atoms with Crippen LogP contribution in [-0.2, 0) is 6.42 Å². The van der Waals surface area contributed by atoms with Crippen LogP contribution in [0.2, 0.25) is 0 Å². The van der Waals surface area contributed by atoms with E-state index in [1.807, 2.05) is 41.9 Å². The van der Waals surface area contributed by atoms with Crippen molar-refractivity contribution in [2.45, 2.75) is 25.7 Å². The van der Waals surface area contributed by atoms with Crippen molar-refractivity contribution in [3.05, 3.63) is 63.6 Å². The number of aryl methyl sites for hydroxylation is 1. The van der Waals surface area contributed by atoms with Crippen LogP contribution in [-0.4, -0.2) is 22.7 Å². The molecule has 4 rings (SSSR count). The van der Waals surface area contributed by atoms with Gasteiger partial charge in [0.25, 0.3) is 0 Å². The number of methoxy groups -OCH3 is 1. The zero-order valence-corrected chi connectivity index (χ0v) is 14.5. The van der Waals surface area contributed by atoms with Crippen molar-refractivity contribution in [2.75, 3.05) is 7.11 Å². The first-order chi connectivity index (χ1) is 11.7. The Morgan fingerprint density at radius 1 is 1.21 bits per heavy atom. The van der Waals surface area contributed by atoms with Crippen LogP contribution in [0.3, 0.4) is 0 Å². The highest BCUT2D eigenvalue weighted by atomic mass is 32.1. The predicted molar refractivity (Wildman–Crippen MR) is 94.6 cm³/mol. The average Bonchev–Trinajstić information content (AvgIpc) is 3.23. The lowest BCUT2D eigenvalue weighted by atomic mass is 9.85. The quantitative estimate of drug-likeness (QED) is 0.720. The van der Waals surface area contributed by atoms with Crippen molar-refractivity contribution >= 4 is 17.1 Å². The Morgan fingerprint density at radius 3 is 2.67 bits per heavy atom. The van der Waals surface area contributed by atoms with Gasteiger partial charge in [-0.2, -0.15) is 5.10 Å². The van der Waals surface area contributed by atoms with Crippen LogP contribution in [0.4, 0.5) is 0 Å². The summed E-state index contributed by atoms with van der Waals surface area (Å²) >= 11 is 1.72. The molecule has 1 unspecified atom stereocenters. The van der Waals surface area contributed by atoms with Gasteiger partial charge in [0, 0.05) is 17.2 Å². The topological polar surface area (TPSA) is 44.1 Å². The minimum absolute atomic E-state index is 0.201. The first-order valence-electron chi connectivity index (χ1n) is 7.97. The molecule has 1 aromatic carbocycles. The second-order valence-electron chi connectivity index (χ2n) is 6.06. The molecule has 0 N–H and O–H groups in total. The number of ketones is 1. The van der Waals surface area contributed by atoms with E-state index in [0.717, 1.165) is 34.8 Å². The highest BCUT2D eigenvalue weighted by Gasteiger charge is 2.32. The first-order valence-corrected chi connectivity index (χ1v) is 8.85. The highest BCUT2D eigenvalue weighted by molar-refractivity contribution is 7.10. The smallest absolute Gasteiger partial charge is 0.167 e. The van der Waals surface area contributed by atoms with Gasteiger partial charge in [-0.3, -0.25) is 4.79 Å². The molecule has 0 spiro atoms. The van der Waals surface area contributed by atoms with Gasteiger partial charge in [0.05, 0.1) is 29.7 Å². The fourth-order valence-electron chi connectivity index (χ4n) is 3.42. The number of fused-ring (bicyclic) bond motifs is 1. The van der Waals surface area contributed by atoms with Crippen LogP contribution >= 0.6 is 11.3 Å². The monoisotopic (exact) mass is 338 g/mol. The summed E-state index contributed by atoms with van der Waals surface area (Å²) in [6.07, 6.45) is 1.41. The average molecular weight is 338 g/mol. The molecule has 4 nitrogen and oxygen atoms in total. The molecule has 24 heavy (non-hydrogen) atoms. The third kappa shape index (κ3) is 2.45. The van der Waals surface area contributed by atoms with E-state index in [1.165, 1.54) is 4.88 Å². The number of carbonyl (C=O) groups is 1. The van der Waals surface area contributed by atoms with Crippen molar-refractivity contribution in [3.8, 4) is 11.4 Å². The summed E-state index contributed by atoms with van der Waals surface area (Å²) in [6, 6.07) is 12.0. The van der Waals surface area contributed by atoms with Gasteiger partial charge < -0.3 is 4.74 Å². The number of Topliss-reactive ketones (excluding diaryl/α,β-unsaturated/α-hetero) is 1. The number of carbonyl (C=O) groups excluding carboxylic acids is 1. The van der Waals surface area contributed by atoms with E-state index in [9.17, 15) is 4.79 Å². The molecule has 0 bridgehead atoms. The van der Waals surface area contributed by atoms with E-state index in [2.05, 4.69) is 16.5 Å². The molecule has 0 saturated heterocycles. The number of nitrogens with zero attached hydrogens (tertiary/aromatic N) is 2. The molecule has 2 heterocycles. The van der Waals surface area contributed by atoms with Gasteiger partial charge in [-0.25, -0.2) is 4.68 Å². The van der Waals surface area contributed by atoms with Crippen LogP contribution in [0.1, 0.15) is 39.0 Å². The summed E-state index contributed by atoms with van der Waals surface area (Å²) in [5, 5.41) is 6.71. The molecule has 1 aliphatic carbocycles. The van der Waals surface area contributed by atoms with Gasteiger partial charge in [-0.1, -0.05) is 6.07 Å². The summed E-state index contributed by atoms with van der Waals surface area (Å²) in [4.78, 5) is 14.0. The Morgan fingerprint density at radius 2 is 2.00 bits per heavy atom. The van der Waals surface area contributed by atoms with Crippen molar-refractivity contribution in [1.82, 2.24) is 9.78 Å². The fraction of sp³-hybridized carbons (Fsp3) is 0.263. The van der Waals surface area contributed by atoms with Gasteiger partial charge in [0.2, 0.25) is 0 Å². The number of thiophene rings is 1. The SMILES string of the molecule is COc1ccc(-n2nc(C)c3c2CC(c2cccs2)CC3=O)cc1. The normalized spacial score (nSPS) is 16.9. The van der Waals surface area contributed by atoms with E-state index in [4.69, 9.17) is 4.74 Å². The molecule has 122 valence electrons. The Kier molecular flexibility index (Phi) is 3.73. The minimum Gasteiger partial charge on any atom is -0.497 e. The molecule has 5 heteroatoms. The second-order valence-corrected chi connectivity index (χ2v) is 7.04. The Bertz CT molecular complexity index is 879. The molecule has 0 aliphatic heterocycles. The van der Waals surface area contributed by atoms with E-state index in [-0.39, 0.29) is 11.7 Å². The van der Waals surface area contributed by atoms with Crippen molar-refractivity contribution in [1.29, 1.82) is 0 Å². The molecule has 1 aliphatic rings. The number of hydrogen-bond acceptors (Lipinski definition) is 4. The minimum atomic E-state index is 0.201. The van der Waals surface area contributed by atoms with E-state index >= 15 is 0 Å². The van der Waals surface area contributed by atoms with Crippen LogP contribution in [0.5, 0.6) is 5.75 Å². The van der Waals surface area contributed by atoms with Gasteiger partial charge in [0.1, 0.15) is 5.75 Å². The van der Waals surface area contributed by atoms with E-state index < -0.39 is 0 Å². The third-order valence-electron chi connectivity index (χ3n) is 4.57. The van der Waals surface area contributed by atoms with Gasteiger partial charge >= 0.3 is 0 Å². The maximum atomic E-state index is 12.7. The van der Waals surface area contributed by atoms with E-state index in [1.54, 1.807) is 18.4 Å². The highest BCUT2D eigenvalue weighted by Crippen LogP contribution is 2.36. The van der Waals surface area contributed by atoms with Crippen LogP contribution in [0, 0.1) is 6.92 Å².